The Morgan fingerprint density at radius 2 is 2.00 bits per heavy atom. The molecule has 9 nitrogen and oxygen atoms in total. The van der Waals surface area contributed by atoms with E-state index in [-0.39, 0.29) is 24.4 Å². The monoisotopic (exact) mass is 413 g/mol. The molecule has 1 saturated heterocycles. The van der Waals surface area contributed by atoms with Crippen molar-refractivity contribution >= 4 is 0 Å². The zero-order valence-electron chi connectivity index (χ0n) is 16.6. The van der Waals surface area contributed by atoms with E-state index in [0.717, 1.165) is 5.56 Å². The predicted octanol–water partition coefficient (Wildman–Crippen LogP) is 1.62. The fraction of sp³-hybridized carbons (Fsp3) is 0.381. The molecule has 2 aromatic heterocycles. The van der Waals surface area contributed by atoms with Crippen LogP contribution in [0, 0.1) is 0 Å². The number of aliphatic hydroxyl groups excluding tert-OH is 2. The Balaban J connectivity index is 1.67. The molecule has 1 aromatic carbocycles. The van der Waals surface area contributed by atoms with Crippen LogP contribution in [0.1, 0.15) is 38.0 Å². The van der Waals surface area contributed by atoms with Gasteiger partial charge in [0.25, 0.3) is 5.56 Å². The van der Waals surface area contributed by atoms with Gasteiger partial charge in [-0.3, -0.25) is 14.3 Å². The summed E-state index contributed by atoms with van der Waals surface area (Å²) in [6.45, 7) is 3.85. The van der Waals surface area contributed by atoms with Crippen LogP contribution in [0.25, 0.3) is 22.6 Å². The zero-order valence-corrected chi connectivity index (χ0v) is 16.6. The molecule has 0 spiro atoms. The summed E-state index contributed by atoms with van der Waals surface area (Å²) in [6.07, 6.45) is -1.08. The maximum absolute atomic E-state index is 12.4. The molecule has 1 aliphatic rings. The molecule has 3 atom stereocenters. The van der Waals surface area contributed by atoms with E-state index in [1.165, 1.54) is 16.3 Å². The number of benzene rings is 1. The number of aromatic nitrogens is 3. The average molecular weight is 413 g/mol. The lowest BCUT2D eigenvalue weighted by atomic mass is 10.0. The average Bonchev–Trinajstić information content (AvgIpc) is 3.35. The van der Waals surface area contributed by atoms with E-state index in [1.807, 2.05) is 24.3 Å². The molecule has 9 heteroatoms. The second-order valence-corrected chi connectivity index (χ2v) is 7.68. The molecular weight excluding hydrogens is 390 g/mol. The molecule has 0 amide bonds. The predicted molar refractivity (Wildman–Crippen MR) is 108 cm³/mol. The first-order chi connectivity index (χ1) is 14.4. The van der Waals surface area contributed by atoms with Crippen LogP contribution in [0.4, 0.5) is 0 Å². The van der Waals surface area contributed by atoms with Crippen molar-refractivity contribution in [3.63, 3.8) is 0 Å². The maximum atomic E-state index is 12.4. The number of hydrogen-bond donors (Lipinski definition) is 3. The summed E-state index contributed by atoms with van der Waals surface area (Å²) in [7, 11) is 0. The molecule has 3 heterocycles. The SMILES string of the molecule is CC(C)c1ccc(-c2cc(-c3cn([C@H]4C[C@H](O)[C@@H](CO)O4)c(=O)[nH]c3=O)on2)cc1. The van der Waals surface area contributed by atoms with Crippen molar-refractivity contribution in [1.29, 1.82) is 0 Å². The van der Waals surface area contributed by atoms with Gasteiger partial charge in [0.05, 0.1) is 12.7 Å². The van der Waals surface area contributed by atoms with Gasteiger partial charge in [0.1, 0.15) is 23.6 Å². The number of aliphatic hydroxyl groups is 2. The van der Waals surface area contributed by atoms with Crippen molar-refractivity contribution in [3.8, 4) is 22.6 Å². The third-order valence-electron chi connectivity index (χ3n) is 5.31. The largest absolute Gasteiger partial charge is 0.394 e. The van der Waals surface area contributed by atoms with Crippen LogP contribution in [0.15, 0.2) is 50.6 Å². The van der Waals surface area contributed by atoms with E-state index in [0.29, 0.717) is 11.6 Å². The highest BCUT2D eigenvalue weighted by Crippen LogP contribution is 2.29. The molecule has 0 aliphatic carbocycles. The van der Waals surface area contributed by atoms with Crippen LogP contribution in [0.5, 0.6) is 0 Å². The topological polar surface area (TPSA) is 131 Å². The van der Waals surface area contributed by atoms with Crippen molar-refractivity contribution in [3.05, 3.63) is 62.9 Å². The Bertz CT molecular complexity index is 1140. The number of H-pyrrole nitrogens is 1. The summed E-state index contributed by atoms with van der Waals surface area (Å²) in [5, 5.41) is 23.2. The zero-order chi connectivity index (χ0) is 21.4. The van der Waals surface area contributed by atoms with Gasteiger partial charge in [0.2, 0.25) is 0 Å². The second-order valence-electron chi connectivity index (χ2n) is 7.68. The third-order valence-corrected chi connectivity index (χ3v) is 5.31. The first kappa shape index (κ1) is 20.3. The maximum Gasteiger partial charge on any atom is 0.330 e. The van der Waals surface area contributed by atoms with Crippen LogP contribution < -0.4 is 11.2 Å². The van der Waals surface area contributed by atoms with E-state index in [2.05, 4.69) is 24.0 Å². The number of nitrogens with one attached hydrogen (secondary N) is 1. The molecule has 30 heavy (non-hydrogen) atoms. The first-order valence-corrected chi connectivity index (χ1v) is 9.74. The summed E-state index contributed by atoms with van der Waals surface area (Å²) in [5.41, 5.74) is 1.41. The smallest absolute Gasteiger partial charge is 0.330 e. The van der Waals surface area contributed by atoms with Gasteiger partial charge in [0, 0.05) is 24.2 Å². The van der Waals surface area contributed by atoms with Crippen molar-refractivity contribution in [2.45, 2.75) is 44.6 Å². The third kappa shape index (κ3) is 3.74. The molecular formula is C21H23N3O6. The lowest BCUT2D eigenvalue weighted by molar-refractivity contribution is -0.0458. The van der Waals surface area contributed by atoms with E-state index >= 15 is 0 Å². The minimum absolute atomic E-state index is 0.109. The molecule has 4 rings (SSSR count). The Hall–Kier alpha value is -3.01. The Kier molecular flexibility index (Phi) is 5.42. The standard InChI is InChI=1S/C21H23N3O6/c1-11(2)12-3-5-13(6-4-12)15-7-17(30-23-15)14-9-24(21(28)22-20(14)27)19-8-16(26)18(10-25)29-19/h3-7,9,11,16,18-19,25-26H,8,10H2,1-2H3,(H,22,27,28)/t16-,18+,19+/m0/s1. The number of ether oxygens (including phenoxy) is 1. The van der Waals surface area contributed by atoms with Gasteiger partial charge < -0.3 is 19.5 Å². The minimum atomic E-state index is -0.909. The Morgan fingerprint density at radius 1 is 1.27 bits per heavy atom. The number of nitrogens with zero attached hydrogens (tertiary/aromatic N) is 2. The number of rotatable bonds is 5. The van der Waals surface area contributed by atoms with Gasteiger partial charge >= 0.3 is 5.69 Å². The van der Waals surface area contributed by atoms with Crippen LogP contribution in [-0.2, 0) is 4.74 Å². The van der Waals surface area contributed by atoms with Gasteiger partial charge in [-0.05, 0) is 11.5 Å². The van der Waals surface area contributed by atoms with E-state index < -0.39 is 29.7 Å². The summed E-state index contributed by atoms with van der Waals surface area (Å²) in [6, 6.07) is 9.53. The molecule has 0 bridgehead atoms. The van der Waals surface area contributed by atoms with Crippen molar-refractivity contribution < 1.29 is 19.5 Å². The van der Waals surface area contributed by atoms with Crippen molar-refractivity contribution in [1.82, 2.24) is 14.7 Å². The summed E-state index contributed by atoms with van der Waals surface area (Å²) < 4.78 is 12.1. The quantitative estimate of drug-likeness (QED) is 0.579. The molecule has 158 valence electrons. The van der Waals surface area contributed by atoms with Crippen LogP contribution in [0.2, 0.25) is 0 Å². The Labute approximate surface area is 171 Å². The molecule has 0 unspecified atom stereocenters. The highest BCUT2D eigenvalue weighted by Gasteiger charge is 2.35. The normalized spacial score (nSPS) is 21.4. The van der Waals surface area contributed by atoms with Crippen LogP contribution in [0.3, 0.4) is 0 Å². The minimum Gasteiger partial charge on any atom is -0.394 e. The van der Waals surface area contributed by atoms with E-state index in [4.69, 9.17) is 9.26 Å². The lowest BCUT2D eigenvalue weighted by Gasteiger charge is -2.14. The fourth-order valence-corrected chi connectivity index (χ4v) is 3.50. The fourth-order valence-electron chi connectivity index (χ4n) is 3.50. The van der Waals surface area contributed by atoms with E-state index in [9.17, 15) is 19.8 Å². The molecule has 0 radical (unpaired) electrons. The molecule has 3 N–H and O–H groups in total. The molecule has 3 aromatic rings. The highest BCUT2D eigenvalue weighted by molar-refractivity contribution is 5.66. The van der Waals surface area contributed by atoms with Gasteiger partial charge in [-0.2, -0.15) is 0 Å². The van der Waals surface area contributed by atoms with Crippen molar-refractivity contribution in [2.24, 2.45) is 0 Å². The van der Waals surface area contributed by atoms with Gasteiger partial charge in [-0.25, -0.2) is 4.79 Å². The molecule has 0 saturated carbocycles. The Morgan fingerprint density at radius 3 is 2.63 bits per heavy atom. The summed E-state index contributed by atoms with van der Waals surface area (Å²) in [4.78, 5) is 26.9. The van der Waals surface area contributed by atoms with Crippen LogP contribution in [-0.4, -0.2) is 43.7 Å². The number of hydrogen-bond acceptors (Lipinski definition) is 7. The van der Waals surface area contributed by atoms with Crippen LogP contribution >= 0.6 is 0 Å². The summed E-state index contributed by atoms with van der Waals surface area (Å²) >= 11 is 0. The lowest BCUT2D eigenvalue weighted by Crippen LogP contribution is -2.33. The van der Waals surface area contributed by atoms with E-state index in [1.54, 1.807) is 6.07 Å². The number of aromatic amines is 1. The molecule has 1 aliphatic heterocycles. The summed E-state index contributed by atoms with van der Waals surface area (Å²) in [5.74, 6) is 0.610. The molecule has 1 fully saturated rings. The second kappa shape index (κ2) is 8.02. The first-order valence-electron chi connectivity index (χ1n) is 9.74. The van der Waals surface area contributed by atoms with Gasteiger partial charge in [-0.1, -0.05) is 43.3 Å². The van der Waals surface area contributed by atoms with Gasteiger partial charge in [-0.15, -0.1) is 0 Å². The highest BCUT2D eigenvalue weighted by atomic mass is 16.5. The van der Waals surface area contributed by atoms with Gasteiger partial charge in [0.15, 0.2) is 5.76 Å². The van der Waals surface area contributed by atoms with Crippen molar-refractivity contribution in [2.75, 3.05) is 6.61 Å².